The summed E-state index contributed by atoms with van der Waals surface area (Å²) in [7, 11) is 0. The van der Waals surface area contributed by atoms with Crippen LogP contribution in [-0.2, 0) is 9.63 Å². The maximum Gasteiger partial charge on any atom is 0.324 e. The fraction of sp³-hybridized carbons (Fsp3) is 0.938. The Hall–Kier alpha value is -0.570. The molecule has 1 aliphatic rings. The number of hydrogen-bond donors (Lipinski definition) is 1. The Kier molecular flexibility index (Phi) is 9.78. The van der Waals surface area contributed by atoms with Crippen LogP contribution in [0.5, 0.6) is 0 Å². The molecule has 1 aliphatic carbocycles. The van der Waals surface area contributed by atoms with E-state index in [1.54, 1.807) is 0 Å². The molecular weight excluding hydrogens is 238 g/mol. The predicted octanol–water partition coefficient (Wildman–Crippen LogP) is 4.51. The van der Waals surface area contributed by atoms with Gasteiger partial charge in [0.05, 0.1) is 0 Å². The number of unbranched alkanes of at least 4 members (excludes halogenated alkanes) is 6. The summed E-state index contributed by atoms with van der Waals surface area (Å²) in [6.45, 7) is 2.23. The van der Waals surface area contributed by atoms with Crippen LogP contribution in [0.15, 0.2) is 0 Å². The van der Waals surface area contributed by atoms with E-state index in [0.717, 1.165) is 25.7 Å². The highest BCUT2D eigenvalue weighted by Gasteiger charge is 2.14. The van der Waals surface area contributed by atoms with Crippen molar-refractivity contribution in [3.63, 3.8) is 0 Å². The summed E-state index contributed by atoms with van der Waals surface area (Å²) < 4.78 is 0. The van der Waals surface area contributed by atoms with E-state index in [9.17, 15) is 4.79 Å². The van der Waals surface area contributed by atoms with Gasteiger partial charge in [0.2, 0.25) is 0 Å². The first kappa shape index (κ1) is 16.5. The van der Waals surface area contributed by atoms with Crippen LogP contribution < -0.4 is 5.48 Å². The SMILES string of the molecule is CCCCCCCCCC(=O)ONC1CCCCC1. The molecule has 3 heteroatoms. The zero-order valence-electron chi connectivity index (χ0n) is 12.6. The van der Waals surface area contributed by atoms with Crippen molar-refractivity contribution in [2.75, 3.05) is 0 Å². The predicted molar refractivity (Wildman–Crippen MR) is 78.7 cm³/mol. The van der Waals surface area contributed by atoms with Gasteiger partial charge in [-0.2, -0.15) is 5.48 Å². The molecule has 0 heterocycles. The van der Waals surface area contributed by atoms with Crippen LogP contribution in [0.4, 0.5) is 0 Å². The lowest BCUT2D eigenvalue weighted by Crippen LogP contribution is -2.33. The van der Waals surface area contributed by atoms with E-state index in [0.29, 0.717) is 12.5 Å². The molecule has 1 rings (SSSR count). The lowest BCUT2D eigenvalue weighted by Gasteiger charge is -2.21. The molecule has 1 fully saturated rings. The van der Waals surface area contributed by atoms with E-state index in [1.165, 1.54) is 51.4 Å². The van der Waals surface area contributed by atoms with Gasteiger partial charge in [-0.05, 0) is 19.3 Å². The fourth-order valence-corrected chi connectivity index (χ4v) is 2.65. The molecule has 0 radical (unpaired) electrons. The molecule has 0 aliphatic heterocycles. The molecule has 0 spiro atoms. The summed E-state index contributed by atoms with van der Waals surface area (Å²) in [6, 6.07) is 0.395. The van der Waals surface area contributed by atoms with Crippen molar-refractivity contribution in [3.8, 4) is 0 Å². The minimum Gasteiger partial charge on any atom is -0.370 e. The Morgan fingerprint density at radius 3 is 2.32 bits per heavy atom. The van der Waals surface area contributed by atoms with Gasteiger partial charge in [-0.15, -0.1) is 0 Å². The first-order valence-corrected chi connectivity index (χ1v) is 8.28. The summed E-state index contributed by atoms with van der Waals surface area (Å²) >= 11 is 0. The van der Waals surface area contributed by atoms with E-state index in [2.05, 4.69) is 12.4 Å². The highest BCUT2D eigenvalue weighted by atomic mass is 16.7. The van der Waals surface area contributed by atoms with Gasteiger partial charge in [-0.1, -0.05) is 64.7 Å². The molecule has 0 aromatic heterocycles. The molecule has 3 nitrogen and oxygen atoms in total. The van der Waals surface area contributed by atoms with E-state index in [4.69, 9.17) is 4.84 Å². The Morgan fingerprint density at radius 2 is 1.63 bits per heavy atom. The highest BCUT2D eigenvalue weighted by Crippen LogP contribution is 2.17. The number of carbonyl (C=O) groups is 1. The third kappa shape index (κ3) is 9.04. The van der Waals surface area contributed by atoms with Crippen molar-refractivity contribution >= 4 is 5.97 Å². The Labute approximate surface area is 118 Å². The van der Waals surface area contributed by atoms with Gasteiger partial charge >= 0.3 is 5.97 Å². The van der Waals surface area contributed by atoms with Crippen molar-refractivity contribution in [1.29, 1.82) is 0 Å². The van der Waals surface area contributed by atoms with Crippen molar-refractivity contribution in [2.24, 2.45) is 0 Å². The quantitative estimate of drug-likeness (QED) is 0.468. The second-order valence-electron chi connectivity index (χ2n) is 5.80. The van der Waals surface area contributed by atoms with Crippen LogP contribution in [-0.4, -0.2) is 12.0 Å². The van der Waals surface area contributed by atoms with E-state index >= 15 is 0 Å². The van der Waals surface area contributed by atoms with Crippen molar-refractivity contribution in [1.82, 2.24) is 5.48 Å². The maximum absolute atomic E-state index is 11.5. The minimum atomic E-state index is -0.0841. The molecule has 112 valence electrons. The molecule has 1 N–H and O–H groups in total. The van der Waals surface area contributed by atoms with Crippen LogP contribution in [0.3, 0.4) is 0 Å². The average molecular weight is 269 g/mol. The van der Waals surface area contributed by atoms with Gasteiger partial charge in [0.15, 0.2) is 0 Å². The first-order chi connectivity index (χ1) is 9.33. The highest BCUT2D eigenvalue weighted by molar-refractivity contribution is 5.68. The molecule has 0 aromatic carbocycles. The third-order valence-corrected chi connectivity index (χ3v) is 3.93. The van der Waals surface area contributed by atoms with Crippen molar-refractivity contribution < 1.29 is 9.63 Å². The number of nitrogens with one attached hydrogen (secondary N) is 1. The largest absolute Gasteiger partial charge is 0.370 e. The summed E-state index contributed by atoms with van der Waals surface area (Å²) in [6.07, 6.45) is 15.3. The standard InChI is InChI=1S/C16H31NO2/c1-2-3-4-5-6-7-11-14-16(18)19-17-15-12-9-8-10-13-15/h15,17H,2-14H2,1H3. The van der Waals surface area contributed by atoms with Crippen LogP contribution in [0.25, 0.3) is 0 Å². The molecule has 0 bridgehead atoms. The van der Waals surface area contributed by atoms with Crippen LogP contribution >= 0.6 is 0 Å². The van der Waals surface area contributed by atoms with Crippen molar-refractivity contribution in [2.45, 2.75) is 96.4 Å². The van der Waals surface area contributed by atoms with Gasteiger partial charge in [-0.3, -0.25) is 4.79 Å². The second kappa shape index (κ2) is 11.3. The molecule has 1 saturated carbocycles. The molecule has 0 amide bonds. The molecule has 0 saturated heterocycles. The van der Waals surface area contributed by atoms with Gasteiger partial charge in [-0.25, -0.2) is 0 Å². The van der Waals surface area contributed by atoms with Crippen LogP contribution in [0, 0.1) is 0 Å². The molecule has 19 heavy (non-hydrogen) atoms. The number of rotatable bonds is 10. The second-order valence-corrected chi connectivity index (χ2v) is 5.80. The van der Waals surface area contributed by atoms with Gasteiger partial charge < -0.3 is 4.84 Å². The van der Waals surface area contributed by atoms with E-state index in [-0.39, 0.29) is 5.97 Å². The van der Waals surface area contributed by atoms with Crippen molar-refractivity contribution in [3.05, 3.63) is 0 Å². The van der Waals surface area contributed by atoms with Gasteiger partial charge in [0.25, 0.3) is 0 Å². The van der Waals surface area contributed by atoms with E-state index < -0.39 is 0 Å². The number of hydroxylamine groups is 1. The maximum atomic E-state index is 11.5. The van der Waals surface area contributed by atoms with E-state index in [1.807, 2.05) is 0 Å². The summed E-state index contributed by atoms with van der Waals surface area (Å²) in [5.74, 6) is -0.0841. The summed E-state index contributed by atoms with van der Waals surface area (Å²) in [5.41, 5.74) is 2.94. The zero-order valence-corrected chi connectivity index (χ0v) is 12.6. The Bertz CT molecular complexity index is 225. The normalized spacial score (nSPS) is 16.5. The lowest BCUT2D eigenvalue weighted by molar-refractivity contribution is -0.153. The average Bonchev–Trinajstić information content (AvgIpc) is 2.45. The molecule has 0 unspecified atom stereocenters. The zero-order chi connectivity index (χ0) is 13.8. The fourth-order valence-electron chi connectivity index (χ4n) is 2.65. The molecular formula is C16H31NO2. The summed E-state index contributed by atoms with van der Waals surface area (Å²) in [5, 5.41) is 0. The lowest BCUT2D eigenvalue weighted by atomic mass is 9.96. The topological polar surface area (TPSA) is 38.3 Å². The monoisotopic (exact) mass is 269 g/mol. The smallest absolute Gasteiger partial charge is 0.324 e. The van der Waals surface area contributed by atoms with Gasteiger partial charge in [0.1, 0.15) is 0 Å². The van der Waals surface area contributed by atoms with Crippen LogP contribution in [0.2, 0.25) is 0 Å². The Balaban J connectivity index is 1.87. The molecule has 0 aromatic rings. The number of carbonyl (C=O) groups excluding carboxylic acids is 1. The molecule has 0 atom stereocenters. The third-order valence-electron chi connectivity index (χ3n) is 3.93. The van der Waals surface area contributed by atoms with Gasteiger partial charge in [0, 0.05) is 12.5 Å². The van der Waals surface area contributed by atoms with Crippen LogP contribution in [0.1, 0.15) is 90.4 Å². The summed E-state index contributed by atoms with van der Waals surface area (Å²) in [4.78, 5) is 16.7. The minimum absolute atomic E-state index is 0.0841. The number of hydrogen-bond acceptors (Lipinski definition) is 3. The first-order valence-electron chi connectivity index (χ1n) is 8.28. The Morgan fingerprint density at radius 1 is 1.00 bits per heavy atom.